The van der Waals surface area contributed by atoms with Crippen molar-refractivity contribution in [1.82, 2.24) is 5.32 Å². The van der Waals surface area contributed by atoms with E-state index >= 15 is 0 Å². The molecule has 1 rings (SSSR count). The Hall–Kier alpha value is -0.0400. The summed E-state index contributed by atoms with van der Waals surface area (Å²) in [4.78, 5) is 0. The van der Waals surface area contributed by atoms with E-state index in [2.05, 4.69) is 33.0 Å². The molecular formula is C12H25N. The predicted octanol–water partition coefficient (Wildman–Crippen LogP) is 3.20. The molecule has 1 N–H and O–H groups in total. The van der Waals surface area contributed by atoms with Gasteiger partial charge in [0.15, 0.2) is 0 Å². The third-order valence-electron chi connectivity index (χ3n) is 3.36. The molecule has 0 saturated heterocycles. The van der Waals surface area contributed by atoms with Crippen LogP contribution in [0.3, 0.4) is 0 Å². The molecule has 0 amide bonds. The molecule has 0 bridgehead atoms. The van der Waals surface area contributed by atoms with Gasteiger partial charge in [0.1, 0.15) is 0 Å². The molecule has 0 aromatic heterocycles. The fourth-order valence-corrected chi connectivity index (χ4v) is 2.45. The Kier molecular flexibility index (Phi) is 4.24. The van der Waals surface area contributed by atoms with Crippen molar-refractivity contribution >= 4 is 0 Å². The van der Waals surface area contributed by atoms with Crippen LogP contribution in [0.25, 0.3) is 0 Å². The number of hydrogen-bond acceptors (Lipinski definition) is 1. The van der Waals surface area contributed by atoms with E-state index in [1.165, 1.54) is 25.7 Å². The van der Waals surface area contributed by atoms with Gasteiger partial charge in [-0.3, -0.25) is 0 Å². The molecule has 78 valence electrons. The first-order valence-corrected chi connectivity index (χ1v) is 5.85. The molecule has 0 radical (unpaired) electrons. The molecule has 1 atom stereocenters. The highest BCUT2D eigenvalue weighted by atomic mass is 14.9. The van der Waals surface area contributed by atoms with Crippen LogP contribution in [0.15, 0.2) is 0 Å². The second-order valence-electron chi connectivity index (χ2n) is 5.13. The van der Waals surface area contributed by atoms with Gasteiger partial charge in [-0.25, -0.2) is 0 Å². The van der Waals surface area contributed by atoms with Gasteiger partial charge >= 0.3 is 0 Å². The monoisotopic (exact) mass is 183 g/mol. The molecule has 1 nitrogen and oxygen atoms in total. The van der Waals surface area contributed by atoms with Crippen LogP contribution in [-0.4, -0.2) is 12.1 Å². The molecule has 0 aromatic carbocycles. The number of hydrogen-bond donors (Lipinski definition) is 1. The van der Waals surface area contributed by atoms with E-state index in [-0.39, 0.29) is 0 Å². The van der Waals surface area contributed by atoms with Crippen LogP contribution in [0.4, 0.5) is 0 Å². The summed E-state index contributed by atoms with van der Waals surface area (Å²) in [5.41, 5.74) is 0. The summed E-state index contributed by atoms with van der Waals surface area (Å²) in [7, 11) is 0. The van der Waals surface area contributed by atoms with Crippen molar-refractivity contribution in [2.45, 2.75) is 65.5 Å². The van der Waals surface area contributed by atoms with Crippen molar-refractivity contribution in [1.29, 1.82) is 0 Å². The lowest BCUT2D eigenvalue weighted by molar-refractivity contribution is 0.232. The molecule has 13 heavy (non-hydrogen) atoms. The van der Waals surface area contributed by atoms with E-state index < -0.39 is 0 Å². The molecule has 1 heteroatoms. The van der Waals surface area contributed by atoms with E-state index in [1.54, 1.807) is 0 Å². The van der Waals surface area contributed by atoms with Gasteiger partial charge in [0.05, 0.1) is 0 Å². The van der Waals surface area contributed by atoms with E-state index in [0.717, 1.165) is 11.8 Å². The second kappa shape index (κ2) is 4.99. The molecule has 0 spiro atoms. The topological polar surface area (TPSA) is 12.0 Å². The highest BCUT2D eigenvalue weighted by Crippen LogP contribution is 2.30. The van der Waals surface area contributed by atoms with Crippen LogP contribution in [0.5, 0.6) is 0 Å². The summed E-state index contributed by atoms with van der Waals surface area (Å²) in [6, 6.07) is 1.35. The predicted molar refractivity (Wildman–Crippen MR) is 58.9 cm³/mol. The van der Waals surface area contributed by atoms with Crippen LogP contribution in [0.2, 0.25) is 0 Å². The van der Waals surface area contributed by atoms with Crippen molar-refractivity contribution in [3.63, 3.8) is 0 Å². The van der Waals surface area contributed by atoms with Gasteiger partial charge in [-0.15, -0.1) is 0 Å². The average molecular weight is 183 g/mol. The Morgan fingerprint density at radius 2 is 1.54 bits per heavy atom. The Balaban J connectivity index is 2.27. The summed E-state index contributed by atoms with van der Waals surface area (Å²) in [5.74, 6) is 1.90. The minimum Gasteiger partial charge on any atom is -0.312 e. The first-order valence-electron chi connectivity index (χ1n) is 5.85. The van der Waals surface area contributed by atoms with Crippen LogP contribution < -0.4 is 5.32 Å². The summed E-state index contributed by atoms with van der Waals surface area (Å²) < 4.78 is 0. The summed E-state index contributed by atoms with van der Waals surface area (Å²) in [6.45, 7) is 9.21. The fourth-order valence-electron chi connectivity index (χ4n) is 2.45. The molecule has 0 aromatic rings. The van der Waals surface area contributed by atoms with Gasteiger partial charge in [0.25, 0.3) is 0 Å². The zero-order chi connectivity index (χ0) is 9.84. The SMILES string of the molecule is CC1CCC([C@@H](C)NC(C)C)CC1. The first-order chi connectivity index (χ1) is 6.09. The van der Waals surface area contributed by atoms with Gasteiger partial charge in [0, 0.05) is 12.1 Å². The molecule has 1 fully saturated rings. The van der Waals surface area contributed by atoms with E-state index in [0.29, 0.717) is 12.1 Å². The fraction of sp³-hybridized carbons (Fsp3) is 1.00. The Bertz CT molecular complexity index is 134. The third kappa shape index (κ3) is 3.68. The van der Waals surface area contributed by atoms with Gasteiger partial charge in [-0.2, -0.15) is 0 Å². The largest absolute Gasteiger partial charge is 0.312 e. The van der Waals surface area contributed by atoms with Crippen molar-refractivity contribution in [3.8, 4) is 0 Å². The summed E-state index contributed by atoms with van der Waals surface area (Å²) in [5, 5.41) is 3.63. The van der Waals surface area contributed by atoms with E-state index in [9.17, 15) is 0 Å². The molecule has 1 aliphatic carbocycles. The molecule has 0 unspecified atom stereocenters. The standard InChI is InChI=1S/C12H25N/c1-9(2)13-11(4)12-7-5-10(3)6-8-12/h9-13H,5-8H2,1-4H3/t10?,11-,12?/m1/s1. The molecule has 0 heterocycles. The maximum absolute atomic E-state index is 3.63. The molecule has 0 aliphatic heterocycles. The number of rotatable bonds is 3. The highest BCUT2D eigenvalue weighted by Gasteiger charge is 2.23. The lowest BCUT2D eigenvalue weighted by atomic mass is 9.79. The highest BCUT2D eigenvalue weighted by molar-refractivity contribution is 4.78. The van der Waals surface area contributed by atoms with Crippen LogP contribution in [0.1, 0.15) is 53.4 Å². The van der Waals surface area contributed by atoms with Gasteiger partial charge in [0.2, 0.25) is 0 Å². The third-order valence-corrected chi connectivity index (χ3v) is 3.36. The van der Waals surface area contributed by atoms with Crippen molar-refractivity contribution in [3.05, 3.63) is 0 Å². The Morgan fingerprint density at radius 3 is 2.00 bits per heavy atom. The maximum Gasteiger partial charge on any atom is 0.00693 e. The van der Waals surface area contributed by atoms with Gasteiger partial charge in [-0.05, 0) is 31.6 Å². The van der Waals surface area contributed by atoms with E-state index in [4.69, 9.17) is 0 Å². The van der Waals surface area contributed by atoms with Crippen molar-refractivity contribution < 1.29 is 0 Å². The van der Waals surface area contributed by atoms with Crippen LogP contribution in [-0.2, 0) is 0 Å². The minimum absolute atomic E-state index is 0.634. The Labute approximate surface area is 83.3 Å². The lowest BCUT2D eigenvalue weighted by Gasteiger charge is -2.32. The zero-order valence-corrected chi connectivity index (χ0v) is 9.64. The normalized spacial score (nSPS) is 32.1. The van der Waals surface area contributed by atoms with Crippen molar-refractivity contribution in [2.24, 2.45) is 11.8 Å². The van der Waals surface area contributed by atoms with Crippen LogP contribution >= 0.6 is 0 Å². The first kappa shape index (κ1) is 11.0. The quantitative estimate of drug-likeness (QED) is 0.708. The second-order valence-corrected chi connectivity index (χ2v) is 5.13. The number of nitrogens with one attached hydrogen (secondary N) is 1. The molecule has 1 saturated carbocycles. The molecular weight excluding hydrogens is 158 g/mol. The smallest absolute Gasteiger partial charge is 0.00693 e. The van der Waals surface area contributed by atoms with Crippen LogP contribution in [0, 0.1) is 11.8 Å². The Morgan fingerprint density at radius 1 is 1.00 bits per heavy atom. The summed E-state index contributed by atoms with van der Waals surface area (Å²) >= 11 is 0. The van der Waals surface area contributed by atoms with Gasteiger partial charge in [-0.1, -0.05) is 33.6 Å². The maximum atomic E-state index is 3.63. The van der Waals surface area contributed by atoms with Crippen molar-refractivity contribution in [2.75, 3.05) is 0 Å². The van der Waals surface area contributed by atoms with E-state index in [1.807, 2.05) is 0 Å². The lowest BCUT2D eigenvalue weighted by Crippen LogP contribution is -2.39. The molecule has 1 aliphatic rings. The zero-order valence-electron chi connectivity index (χ0n) is 9.64. The summed E-state index contributed by atoms with van der Waals surface area (Å²) in [6.07, 6.45) is 5.74. The average Bonchev–Trinajstić information content (AvgIpc) is 2.04. The minimum atomic E-state index is 0.634. The van der Waals surface area contributed by atoms with Gasteiger partial charge < -0.3 is 5.32 Å².